The van der Waals surface area contributed by atoms with Crippen LogP contribution in [-0.2, 0) is 0 Å². The quantitative estimate of drug-likeness (QED) is 0.813. The standard InChI is InChI=1S/C15H13ClF3NO/c1-9(10-3-2-4-11(17)7-10)20-12-5-6-14(13(16)8-12)21-15(18)19/h2-9,15,20H,1H3. The zero-order valence-corrected chi connectivity index (χ0v) is 11.9. The summed E-state index contributed by atoms with van der Waals surface area (Å²) in [6.45, 7) is -1.07. The van der Waals surface area contributed by atoms with E-state index in [-0.39, 0.29) is 22.6 Å². The van der Waals surface area contributed by atoms with Gasteiger partial charge in [0.2, 0.25) is 0 Å². The van der Waals surface area contributed by atoms with Crippen molar-refractivity contribution in [1.29, 1.82) is 0 Å². The van der Waals surface area contributed by atoms with E-state index in [0.717, 1.165) is 5.56 Å². The average Bonchev–Trinajstić information content (AvgIpc) is 2.41. The SMILES string of the molecule is CC(Nc1ccc(OC(F)F)c(Cl)c1)c1cccc(F)c1. The number of hydrogen-bond donors (Lipinski definition) is 1. The third-order valence-electron chi connectivity index (χ3n) is 2.88. The molecule has 0 radical (unpaired) electrons. The second-order valence-electron chi connectivity index (χ2n) is 4.44. The number of ether oxygens (including phenoxy) is 1. The lowest BCUT2D eigenvalue weighted by molar-refractivity contribution is -0.0497. The minimum absolute atomic E-state index is 0.0757. The van der Waals surface area contributed by atoms with Gasteiger partial charge in [0.05, 0.1) is 5.02 Å². The molecule has 6 heteroatoms. The Morgan fingerprint density at radius 1 is 1.14 bits per heavy atom. The molecule has 0 aliphatic carbocycles. The molecule has 0 aliphatic rings. The molecule has 2 aromatic rings. The second kappa shape index (κ2) is 6.72. The normalized spacial score (nSPS) is 12.3. The summed E-state index contributed by atoms with van der Waals surface area (Å²) in [7, 11) is 0. The molecule has 0 heterocycles. The van der Waals surface area contributed by atoms with E-state index in [1.54, 1.807) is 18.2 Å². The maximum Gasteiger partial charge on any atom is 0.387 e. The van der Waals surface area contributed by atoms with Gasteiger partial charge in [-0.2, -0.15) is 8.78 Å². The van der Waals surface area contributed by atoms with Crippen LogP contribution in [0.2, 0.25) is 5.02 Å². The second-order valence-corrected chi connectivity index (χ2v) is 4.85. The fourth-order valence-corrected chi connectivity index (χ4v) is 2.12. The van der Waals surface area contributed by atoms with Crippen LogP contribution in [0, 0.1) is 5.82 Å². The first-order valence-corrected chi connectivity index (χ1v) is 6.60. The zero-order chi connectivity index (χ0) is 15.4. The Morgan fingerprint density at radius 3 is 2.52 bits per heavy atom. The highest BCUT2D eigenvalue weighted by molar-refractivity contribution is 6.32. The summed E-state index contributed by atoms with van der Waals surface area (Å²) >= 11 is 5.87. The van der Waals surface area contributed by atoms with Gasteiger partial charge in [-0.15, -0.1) is 0 Å². The van der Waals surface area contributed by atoms with E-state index in [9.17, 15) is 13.2 Å². The van der Waals surface area contributed by atoms with Gasteiger partial charge >= 0.3 is 6.61 Å². The Morgan fingerprint density at radius 2 is 1.90 bits per heavy atom. The third kappa shape index (κ3) is 4.29. The van der Waals surface area contributed by atoms with Gasteiger partial charge in [0.15, 0.2) is 0 Å². The molecule has 1 unspecified atom stereocenters. The Labute approximate surface area is 125 Å². The van der Waals surface area contributed by atoms with Crippen LogP contribution in [0.25, 0.3) is 0 Å². The first kappa shape index (κ1) is 15.5. The van der Waals surface area contributed by atoms with Crippen molar-refractivity contribution in [2.75, 3.05) is 5.32 Å². The van der Waals surface area contributed by atoms with Crippen LogP contribution in [0.15, 0.2) is 42.5 Å². The fraction of sp³-hybridized carbons (Fsp3) is 0.200. The van der Waals surface area contributed by atoms with Gasteiger partial charge < -0.3 is 10.1 Å². The van der Waals surface area contributed by atoms with Gasteiger partial charge in [-0.1, -0.05) is 23.7 Å². The van der Waals surface area contributed by atoms with E-state index in [1.165, 1.54) is 24.3 Å². The van der Waals surface area contributed by atoms with Crippen molar-refractivity contribution in [2.45, 2.75) is 19.6 Å². The van der Waals surface area contributed by atoms with Crippen molar-refractivity contribution in [2.24, 2.45) is 0 Å². The number of nitrogens with one attached hydrogen (secondary N) is 1. The Bertz CT molecular complexity index is 622. The molecular formula is C15H13ClF3NO. The molecule has 112 valence electrons. The number of hydrogen-bond acceptors (Lipinski definition) is 2. The highest BCUT2D eigenvalue weighted by Gasteiger charge is 2.11. The summed E-state index contributed by atoms with van der Waals surface area (Å²) in [5.41, 5.74) is 1.39. The molecule has 0 saturated heterocycles. The molecule has 0 aliphatic heterocycles. The van der Waals surface area contributed by atoms with Crippen molar-refractivity contribution >= 4 is 17.3 Å². The molecule has 1 N–H and O–H groups in total. The van der Waals surface area contributed by atoms with Crippen LogP contribution in [0.3, 0.4) is 0 Å². The number of benzene rings is 2. The molecule has 0 bridgehead atoms. The smallest absolute Gasteiger partial charge is 0.387 e. The Kier molecular flexibility index (Phi) is 4.96. The van der Waals surface area contributed by atoms with E-state index in [1.807, 2.05) is 6.92 Å². The molecule has 2 nitrogen and oxygen atoms in total. The molecule has 0 spiro atoms. The Hall–Kier alpha value is -1.88. The summed E-state index contributed by atoms with van der Waals surface area (Å²) in [6, 6.07) is 10.4. The van der Waals surface area contributed by atoms with Crippen molar-refractivity contribution in [3.63, 3.8) is 0 Å². The summed E-state index contributed by atoms with van der Waals surface area (Å²) < 4.78 is 41.7. The van der Waals surface area contributed by atoms with Gasteiger partial charge in [0.25, 0.3) is 0 Å². The number of rotatable bonds is 5. The average molecular weight is 316 g/mol. The summed E-state index contributed by atoms with van der Waals surface area (Å²) in [4.78, 5) is 0. The fourth-order valence-electron chi connectivity index (χ4n) is 1.89. The molecule has 2 aromatic carbocycles. The van der Waals surface area contributed by atoms with Crippen LogP contribution in [0.4, 0.5) is 18.9 Å². The molecule has 1 atom stereocenters. The summed E-state index contributed by atoms with van der Waals surface area (Å²) in [5, 5.41) is 3.19. The summed E-state index contributed by atoms with van der Waals surface area (Å²) in [5.74, 6) is -0.407. The topological polar surface area (TPSA) is 21.3 Å². The minimum Gasteiger partial charge on any atom is -0.433 e. The zero-order valence-electron chi connectivity index (χ0n) is 11.1. The van der Waals surface area contributed by atoms with Crippen LogP contribution in [0.5, 0.6) is 5.75 Å². The first-order chi connectivity index (χ1) is 9.95. The first-order valence-electron chi connectivity index (χ1n) is 6.22. The number of halogens is 4. The maximum absolute atomic E-state index is 13.2. The van der Waals surface area contributed by atoms with Crippen LogP contribution < -0.4 is 10.1 Å². The lowest BCUT2D eigenvalue weighted by Crippen LogP contribution is -2.07. The molecule has 21 heavy (non-hydrogen) atoms. The van der Waals surface area contributed by atoms with Crippen LogP contribution in [0.1, 0.15) is 18.5 Å². The largest absolute Gasteiger partial charge is 0.433 e. The van der Waals surface area contributed by atoms with Crippen molar-refractivity contribution < 1.29 is 17.9 Å². The van der Waals surface area contributed by atoms with Gasteiger partial charge in [-0.3, -0.25) is 0 Å². The van der Waals surface area contributed by atoms with Crippen molar-refractivity contribution in [3.05, 3.63) is 58.9 Å². The molecule has 0 aromatic heterocycles. The van der Waals surface area contributed by atoms with Gasteiger partial charge in [-0.25, -0.2) is 4.39 Å². The van der Waals surface area contributed by atoms with E-state index < -0.39 is 6.61 Å². The van der Waals surface area contributed by atoms with Crippen molar-refractivity contribution in [1.82, 2.24) is 0 Å². The predicted octanol–water partition coefficient (Wildman–Crippen LogP) is 5.25. The molecule has 0 saturated carbocycles. The van der Waals surface area contributed by atoms with Gasteiger partial charge in [0, 0.05) is 11.7 Å². The van der Waals surface area contributed by atoms with Gasteiger partial charge in [-0.05, 0) is 42.8 Å². The molecular weight excluding hydrogens is 303 g/mol. The van der Waals surface area contributed by atoms with Crippen LogP contribution >= 0.6 is 11.6 Å². The number of alkyl halides is 2. The lowest BCUT2D eigenvalue weighted by Gasteiger charge is -2.17. The molecule has 2 rings (SSSR count). The van der Waals surface area contributed by atoms with E-state index >= 15 is 0 Å². The third-order valence-corrected chi connectivity index (χ3v) is 3.18. The highest BCUT2D eigenvalue weighted by Crippen LogP contribution is 2.30. The van der Waals surface area contributed by atoms with E-state index in [2.05, 4.69) is 10.1 Å². The number of anilines is 1. The maximum atomic E-state index is 13.2. The highest BCUT2D eigenvalue weighted by atomic mass is 35.5. The summed E-state index contributed by atoms with van der Waals surface area (Å²) in [6.07, 6.45) is 0. The van der Waals surface area contributed by atoms with Crippen LogP contribution in [-0.4, -0.2) is 6.61 Å². The monoisotopic (exact) mass is 315 g/mol. The predicted molar refractivity (Wildman–Crippen MR) is 76.5 cm³/mol. The lowest BCUT2D eigenvalue weighted by atomic mass is 10.1. The van der Waals surface area contributed by atoms with Crippen molar-refractivity contribution in [3.8, 4) is 5.75 Å². The van der Waals surface area contributed by atoms with Gasteiger partial charge in [0.1, 0.15) is 11.6 Å². The molecule has 0 amide bonds. The minimum atomic E-state index is -2.92. The molecule has 0 fully saturated rings. The van der Waals surface area contributed by atoms with E-state index in [4.69, 9.17) is 11.6 Å². The van der Waals surface area contributed by atoms with E-state index in [0.29, 0.717) is 5.69 Å². The Balaban J connectivity index is 2.11.